The highest BCUT2D eigenvalue weighted by Gasteiger charge is 2.17. The minimum absolute atomic E-state index is 0.346. The highest BCUT2D eigenvalue weighted by atomic mass is 32.1. The van der Waals surface area contributed by atoms with Gasteiger partial charge < -0.3 is 5.73 Å². The molecule has 1 atom stereocenters. The van der Waals surface area contributed by atoms with Gasteiger partial charge in [0.25, 0.3) is 0 Å². The number of rotatable bonds is 5. The number of aryl methyl sites for hydroxylation is 2. The normalized spacial score (nSPS) is 12.3. The Kier molecular flexibility index (Phi) is 4.35. The SMILES string of the molecule is Cc1cc(C)cc(C(NCc2cccs2)C(N)=O)c1. The van der Waals surface area contributed by atoms with Gasteiger partial charge in [-0.1, -0.05) is 35.4 Å². The van der Waals surface area contributed by atoms with Crippen molar-refractivity contribution in [3.05, 3.63) is 57.3 Å². The molecule has 0 radical (unpaired) electrons. The second-order valence-electron chi connectivity index (χ2n) is 4.72. The maximum atomic E-state index is 11.6. The molecule has 3 N–H and O–H groups in total. The van der Waals surface area contributed by atoms with Crippen LogP contribution in [0.5, 0.6) is 0 Å². The Balaban J connectivity index is 2.17. The van der Waals surface area contributed by atoms with Crippen molar-refractivity contribution in [3.63, 3.8) is 0 Å². The van der Waals surface area contributed by atoms with Crippen LogP contribution in [0.15, 0.2) is 35.7 Å². The summed E-state index contributed by atoms with van der Waals surface area (Å²) in [4.78, 5) is 12.8. The van der Waals surface area contributed by atoms with Crippen molar-refractivity contribution in [2.75, 3.05) is 0 Å². The van der Waals surface area contributed by atoms with Crippen LogP contribution >= 0.6 is 11.3 Å². The highest BCUT2D eigenvalue weighted by molar-refractivity contribution is 7.09. The molecule has 3 nitrogen and oxygen atoms in total. The molecule has 0 saturated heterocycles. The van der Waals surface area contributed by atoms with Crippen LogP contribution in [0, 0.1) is 13.8 Å². The number of carbonyl (C=O) groups excluding carboxylic acids is 1. The first kappa shape index (κ1) is 13.8. The lowest BCUT2D eigenvalue weighted by Crippen LogP contribution is -2.33. The van der Waals surface area contributed by atoms with E-state index in [1.807, 2.05) is 43.5 Å². The number of amides is 1. The van der Waals surface area contributed by atoms with Gasteiger partial charge in [-0.2, -0.15) is 0 Å². The number of hydrogen-bond acceptors (Lipinski definition) is 3. The van der Waals surface area contributed by atoms with Gasteiger partial charge in [0.15, 0.2) is 0 Å². The van der Waals surface area contributed by atoms with Gasteiger partial charge in [-0.15, -0.1) is 11.3 Å². The fourth-order valence-corrected chi connectivity index (χ4v) is 2.83. The van der Waals surface area contributed by atoms with E-state index >= 15 is 0 Å². The Morgan fingerprint density at radius 3 is 2.53 bits per heavy atom. The molecular formula is C15H18N2OS. The van der Waals surface area contributed by atoms with Crippen LogP contribution in [0.25, 0.3) is 0 Å². The molecule has 0 bridgehead atoms. The topological polar surface area (TPSA) is 55.1 Å². The summed E-state index contributed by atoms with van der Waals surface area (Å²) in [6.07, 6.45) is 0. The standard InChI is InChI=1S/C15H18N2OS/c1-10-6-11(2)8-12(7-10)14(15(16)18)17-9-13-4-3-5-19-13/h3-8,14,17H,9H2,1-2H3,(H2,16,18). The van der Waals surface area contributed by atoms with Gasteiger partial charge in [0.05, 0.1) is 0 Å². The van der Waals surface area contributed by atoms with Crippen LogP contribution in [-0.4, -0.2) is 5.91 Å². The van der Waals surface area contributed by atoms with Crippen LogP contribution in [0.1, 0.15) is 27.6 Å². The molecule has 2 rings (SSSR count). The van der Waals surface area contributed by atoms with Crippen molar-refractivity contribution in [3.8, 4) is 0 Å². The second-order valence-corrected chi connectivity index (χ2v) is 5.75. The molecule has 1 amide bonds. The van der Waals surface area contributed by atoms with Gasteiger partial charge in [0.1, 0.15) is 6.04 Å². The van der Waals surface area contributed by atoms with Crippen LogP contribution in [0.4, 0.5) is 0 Å². The van der Waals surface area contributed by atoms with Gasteiger partial charge in [-0.25, -0.2) is 0 Å². The molecule has 0 fully saturated rings. The Bertz CT molecular complexity index is 543. The molecule has 0 aliphatic rings. The molecule has 2 aromatic rings. The third-order valence-electron chi connectivity index (χ3n) is 2.92. The summed E-state index contributed by atoms with van der Waals surface area (Å²) < 4.78 is 0. The monoisotopic (exact) mass is 274 g/mol. The van der Waals surface area contributed by atoms with Crippen molar-refractivity contribution in [1.82, 2.24) is 5.32 Å². The lowest BCUT2D eigenvalue weighted by molar-refractivity contribution is -0.120. The number of thiophene rings is 1. The lowest BCUT2D eigenvalue weighted by Gasteiger charge is -2.16. The summed E-state index contributed by atoms with van der Waals surface area (Å²) in [5.74, 6) is -0.346. The van der Waals surface area contributed by atoms with E-state index in [0.29, 0.717) is 6.54 Å². The Labute approximate surface area is 117 Å². The molecule has 0 spiro atoms. The first-order valence-electron chi connectivity index (χ1n) is 6.19. The average molecular weight is 274 g/mol. The number of primary amides is 1. The molecular weight excluding hydrogens is 256 g/mol. The molecule has 1 aromatic carbocycles. The third-order valence-corrected chi connectivity index (χ3v) is 3.80. The van der Waals surface area contributed by atoms with Gasteiger partial charge in [0.2, 0.25) is 5.91 Å². The van der Waals surface area contributed by atoms with E-state index in [-0.39, 0.29) is 5.91 Å². The summed E-state index contributed by atoms with van der Waals surface area (Å²) >= 11 is 1.66. The average Bonchev–Trinajstić information content (AvgIpc) is 2.80. The fraction of sp³-hybridized carbons (Fsp3) is 0.267. The molecule has 1 aromatic heterocycles. The molecule has 0 aliphatic heterocycles. The van der Waals surface area contributed by atoms with Crippen molar-refractivity contribution < 1.29 is 4.79 Å². The van der Waals surface area contributed by atoms with E-state index in [2.05, 4.69) is 11.4 Å². The second kappa shape index (κ2) is 5.99. The minimum atomic E-state index is -0.444. The summed E-state index contributed by atoms with van der Waals surface area (Å²) in [5.41, 5.74) is 8.72. The molecule has 1 unspecified atom stereocenters. The largest absolute Gasteiger partial charge is 0.368 e. The van der Waals surface area contributed by atoms with Crippen molar-refractivity contribution in [1.29, 1.82) is 0 Å². The summed E-state index contributed by atoms with van der Waals surface area (Å²) in [5, 5.41) is 5.25. The van der Waals surface area contributed by atoms with Crippen LogP contribution in [0.3, 0.4) is 0 Å². The third kappa shape index (κ3) is 3.66. The van der Waals surface area contributed by atoms with Crippen molar-refractivity contribution in [2.45, 2.75) is 26.4 Å². The molecule has 19 heavy (non-hydrogen) atoms. The fourth-order valence-electron chi connectivity index (χ4n) is 2.18. The van der Waals surface area contributed by atoms with Crippen molar-refractivity contribution >= 4 is 17.2 Å². The van der Waals surface area contributed by atoms with E-state index < -0.39 is 6.04 Å². The zero-order chi connectivity index (χ0) is 13.8. The summed E-state index contributed by atoms with van der Waals surface area (Å²) in [7, 11) is 0. The first-order valence-corrected chi connectivity index (χ1v) is 7.07. The summed E-state index contributed by atoms with van der Waals surface area (Å²) in [6.45, 7) is 4.69. The highest BCUT2D eigenvalue weighted by Crippen LogP contribution is 2.18. The molecule has 0 saturated carbocycles. The zero-order valence-corrected chi connectivity index (χ0v) is 12.0. The number of hydrogen-bond donors (Lipinski definition) is 2. The van der Waals surface area contributed by atoms with Crippen LogP contribution < -0.4 is 11.1 Å². The molecule has 0 aliphatic carbocycles. The van der Waals surface area contributed by atoms with Gasteiger partial charge in [-0.3, -0.25) is 10.1 Å². The summed E-state index contributed by atoms with van der Waals surface area (Å²) in [6, 6.07) is 9.68. The minimum Gasteiger partial charge on any atom is -0.368 e. The Morgan fingerprint density at radius 1 is 1.32 bits per heavy atom. The van der Waals surface area contributed by atoms with E-state index in [4.69, 9.17) is 5.73 Å². The maximum Gasteiger partial charge on any atom is 0.239 e. The van der Waals surface area contributed by atoms with E-state index in [9.17, 15) is 4.79 Å². The number of nitrogens with one attached hydrogen (secondary N) is 1. The van der Waals surface area contributed by atoms with E-state index in [1.165, 1.54) is 4.88 Å². The van der Waals surface area contributed by atoms with Crippen molar-refractivity contribution in [2.24, 2.45) is 5.73 Å². The number of carbonyl (C=O) groups is 1. The Morgan fingerprint density at radius 2 is 2.00 bits per heavy atom. The predicted octanol–water partition coefficient (Wildman–Crippen LogP) is 2.68. The van der Waals surface area contributed by atoms with Gasteiger partial charge in [-0.05, 0) is 30.9 Å². The Hall–Kier alpha value is -1.65. The van der Waals surface area contributed by atoms with Crippen LogP contribution in [-0.2, 0) is 11.3 Å². The first-order chi connectivity index (χ1) is 9.06. The van der Waals surface area contributed by atoms with Crippen LogP contribution in [0.2, 0.25) is 0 Å². The number of benzene rings is 1. The zero-order valence-electron chi connectivity index (χ0n) is 11.1. The van der Waals surface area contributed by atoms with Gasteiger partial charge >= 0.3 is 0 Å². The lowest BCUT2D eigenvalue weighted by atomic mass is 10.0. The number of nitrogens with two attached hydrogens (primary N) is 1. The smallest absolute Gasteiger partial charge is 0.239 e. The predicted molar refractivity (Wildman–Crippen MR) is 79.0 cm³/mol. The van der Waals surface area contributed by atoms with Gasteiger partial charge in [0, 0.05) is 11.4 Å². The molecule has 4 heteroatoms. The van der Waals surface area contributed by atoms with E-state index in [1.54, 1.807) is 11.3 Å². The molecule has 1 heterocycles. The quantitative estimate of drug-likeness (QED) is 0.880. The maximum absolute atomic E-state index is 11.6. The van der Waals surface area contributed by atoms with E-state index in [0.717, 1.165) is 16.7 Å². The molecule has 100 valence electrons.